The van der Waals surface area contributed by atoms with Crippen molar-refractivity contribution in [2.24, 2.45) is 5.92 Å². The first kappa shape index (κ1) is 11.7. The number of hydrogen-bond acceptors (Lipinski definition) is 1. The van der Waals surface area contributed by atoms with E-state index in [-0.39, 0.29) is 0 Å². The van der Waals surface area contributed by atoms with Crippen LogP contribution in [0.5, 0.6) is 0 Å². The van der Waals surface area contributed by atoms with Crippen LogP contribution in [0.4, 0.5) is 0 Å². The Balaban J connectivity index is 2.06. The van der Waals surface area contributed by atoms with Crippen molar-refractivity contribution in [3.8, 4) is 0 Å². The molecule has 0 spiro atoms. The summed E-state index contributed by atoms with van der Waals surface area (Å²) in [5.74, 6) is 1.67. The summed E-state index contributed by atoms with van der Waals surface area (Å²) in [4.78, 5) is 0. The molecule has 1 heteroatoms. The summed E-state index contributed by atoms with van der Waals surface area (Å²) in [5, 5.41) is 3.48. The van der Waals surface area contributed by atoms with Gasteiger partial charge in [-0.25, -0.2) is 0 Å². The molecule has 1 saturated carbocycles. The zero-order valence-electron chi connectivity index (χ0n) is 10.7. The molecule has 1 aromatic rings. The molecule has 0 aromatic heterocycles. The number of nitrogens with one attached hydrogen (secondary N) is 1. The Hall–Kier alpha value is -0.820. The molecule has 0 bridgehead atoms. The molecule has 0 aliphatic heterocycles. The predicted octanol–water partition coefficient (Wildman–Crippen LogP) is 3.41. The maximum absolute atomic E-state index is 3.48. The van der Waals surface area contributed by atoms with Crippen LogP contribution in [0.2, 0.25) is 0 Å². The second-order valence-corrected chi connectivity index (χ2v) is 5.17. The third kappa shape index (κ3) is 2.46. The van der Waals surface area contributed by atoms with Crippen LogP contribution < -0.4 is 5.32 Å². The molecule has 0 amide bonds. The van der Waals surface area contributed by atoms with Crippen molar-refractivity contribution >= 4 is 0 Å². The van der Waals surface area contributed by atoms with Crippen molar-refractivity contribution in [2.75, 3.05) is 13.1 Å². The minimum absolute atomic E-state index is 0.803. The number of aryl methyl sites for hydroxylation is 2. The average Bonchev–Trinajstić information content (AvgIpc) is 2.14. The quantitative estimate of drug-likeness (QED) is 0.815. The number of rotatable bonds is 4. The minimum Gasteiger partial charge on any atom is -0.317 e. The summed E-state index contributed by atoms with van der Waals surface area (Å²) >= 11 is 0. The third-order valence-electron chi connectivity index (χ3n) is 3.75. The van der Waals surface area contributed by atoms with E-state index in [2.05, 4.69) is 44.3 Å². The lowest BCUT2D eigenvalue weighted by molar-refractivity contribution is 0.247. The van der Waals surface area contributed by atoms with Gasteiger partial charge in [0, 0.05) is 0 Å². The van der Waals surface area contributed by atoms with Crippen LogP contribution in [-0.4, -0.2) is 13.1 Å². The summed E-state index contributed by atoms with van der Waals surface area (Å²) in [6.07, 6.45) is 2.77. The van der Waals surface area contributed by atoms with Crippen LogP contribution in [-0.2, 0) is 0 Å². The zero-order valence-corrected chi connectivity index (χ0v) is 10.7. The van der Waals surface area contributed by atoms with E-state index >= 15 is 0 Å². The monoisotopic (exact) mass is 217 g/mol. The Kier molecular flexibility index (Phi) is 3.65. The molecule has 1 aromatic carbocycles. The molecule has 1 nitrogen and oxygen atoms in total. The van der Waals surface area contributed by atoms with Crippen LogP contribution >= 0.6 is 0 Å². The molecule has 2 rings (SSSR count). The largest absolute Gasteiger partial charge is 0.317 e. The molecular formula is C15H23N. The average molecular weight is 217 g/mol. The van der Waals surface area contributed by atoms with Crippen molar-refractivity contribution in [3.63, 3.8) is 0 Å². The maximum atomic E-state index is 3.48. The topological polar surface area (TPSA) is 12.0 Å². The zero-order chi connectivity index (χ0) is 11.5. The van der Waals surface area contributed by atoms with Gasteiger partial charge in [-0.05, 0) is 57.2 Å². The smallest absolute Gasteiger partial charge is 0.00148 e. The van der Waals surface area contributed by atoms with Crippen LogP contribution in [0, 0.1) is 19.8 Å². The standard InChI is InChI=1S/C15H23N/c1-4-16-10-13-5-6-15(13)14-8-11(2)7-12(3)9-14/h7-9,13,15-16H,4-6,10H2,1-3H3. The van der Waals surface area contributed by atoms with E-state index < -0.39 is 0 Å². The molecule has 88 valence electrons. The van der Waals surface area contributed by atoms with Gasteiger partial charge in [0.1, 0.15) is 0 Å². The van der Waals surface area contributed by atoms with Crippen molar-refractivity contribution in [1.29, 1.82) is 0 Å². The molecule has 1 N–H and O–H groups in total. The molecule has 0 radical (unpaired) electrons. The SMILES string of the molecule is CCNCC1CCC1c1cc(C)cc(C)c1. The summed E-state index contributed by atoms with van der Waals surface area (Å²) < 4.78 is 0. The van der Waals surface area contributed by atoms with Crippen molar-refractivity contribution in [2.45, 2.75) is 39.5 Å². The van der Waals surface area contributed by atoms with Crippen LogP contribution in [0.3, 0.4) is 0 Å². The van der Waals surface area contributed by atoms with Gasteiger partial charge in [0.15, 0.2) is 0 Å². The van der Waals surface area contributed by atoms with Crippen molar-refractivity contribution < 1.29 is 0 Å². The van der Waals surface area contributed by atoms with E-state index in [0.29, 0.717) is 0 Å². The third-order valence-corrected chi connectivity index (χ3v) is 3.75. The fourth-order valence-corrected chi connectivity index (χ4v) is 2.81. The highest BCUT2D eigenvalue weighted by Crippen LogP contribution is 2.42. The normalized spacial score (nSPS) is 24.2. The molecule has 1 fully saturated rings. The van der Waals surface area contributed by atoms with Gasteiger partial charge in [-0.15, -0.1) is 0 Å². The van der Waals surface area contributed by atoms with Crippen LogP contribution in [0.25, 0.3) is 0 Å². The van der Waals surface area contributed by atoms with E-state index in [1.165, 1.54) is 30.5 Å². The Bertz CT molecular complexity index is 336. The number of hydrogen-bond donors (Lipinski definition) is 1. The fourth-order valence-electron chi connectivity index (χ4n) is 2.81. The lowest BCUT2D eigenvalue weighted by atomic mass is 9.69. The van der Waals surface area contributed by atoms with Crippen LogP contribution in [0.15, 0.2) is 18.2 Å². The first-order chi connectivity index (χ1) is 7.70. The van der Waals surface area contributed by atoms with Gasteiger partial charge in [0.2, 0.25) is 0 Å². The van der Waals surface area contributed by atoms with Gasteiger partial charge in [-0.1, -0.05) is 36.2 Å². The Labute approximate surface area is 99.3 Å². The summed E-state index contributed by atoms with van der Waals surface area (Å²) in [7, 11) is 0. The second-order valence-electron chi connectivity index (χ2n) is 5.17. The summed E-state index contributed by atoms with van der Waals surface area (Å²) in [6.45, 7) is 8.87. The van der Waals surface area contributed by atoms with Crippen LogP contribution in [0.1, 0.15) is 42.4 Å². The van der Waals surface area contributed by atoms with E-state index in [1.54, 1.807) is 5.56 Å². The molecule has 1 aliphatic carbocycles. The lowest BCUT2D eigenvalue weighted by Crippen LogP contribution is -2.33. The van der Waals surface area contributed by atoms with Gasteiger partial charge in [-0.2, -0.15) is 0 Å². The predicted molar refractivity (Wildman–Crippen MR) is 69.9 cm³/mol. The first-order valence-electron chi connectivity index (χ1n) is 6.49. The first-order valence-corrected chi connectivity index (χ1v) is 6.49. The molecule has 2 unspecified atom stereocenters. The summed E-state index contributed by atoms with van der Waals surface area (Å²) in [6, 6.07) is 7.01. The van der Waals surface area contributed by atoms with Gasteiger partial charge in [0.05, 0.1) is 0 Å². The van der Waals surface area contributed by atoms with E-state index in [9.17, 15) is 0 Å². The van der Waals surface area contributed by atoms with Gasteiger partial charge >= 0.3 is 0 Å². The van der Waals surface area contributed by atoms with Gasteiger partial charge < -0.3 is 5.32 Å². The lowest BCUT2D eigenvalue weighted by Gasteiger charge is -2.37. The Morgan fingerprint density at radius 2 is 1.81 bits per heavy atom. The van der Waals surface area contributed by atoms with Crippen molar-refractivity contribution in [3.05, 3.63) is 34.9 Å². The Morgan fingerprint density at radius 1 is 1.12 bits per heavy atom. The van der Waals surface area contributed by atoms with E-state index in [1.807, 2.05) is 0 Å². The van der Waals surface area contributed by atoms with E-state index in [4.69, 9.17) is 0 Å². The molecule has 2 atom stereocenters. The van der Waals surface area contributed by atoms with Crippen molar-refractivity contribution in [1.82, 2.24) is 5.32 Å². The highest BCUT2D eigenvalue weighted by molar-refractivity contribution is 5.32. The molecule has 0 heterocycles. The van der Waals surface area contributed by atoms with E-state index in [0.717, 1.165) is 18.4 Å². The highest BCUT2D eigenvalue weighted by Gasteiger charge is 2.31. The van der Waals surface area contributed by atoms with Gasteiger partial charge in [0.25, 0.3) is 0 Å². The molecule has 1 aliphatic rings. The Morgan fingerprint density at radius 3 is 2.31 bits per heavy atom. The molecular weight excluding hydrogens is 194 g/mol. The molecule has 0 saturated heterocycles. The summed E-state index contributed by atoms with van der Waals surface area (Å²) in [5.41, 5.74) is 4.37. The van der Waals surface area contributed by atoms with Gasteiger partial charge in [-0.3, -0.25) is 0 Å². The highest BCUT2D eigenvalue weighted by atomic mass is 14.9. The fraction of sp³-hybridized carbons (Fsp3) is 0.600. The second kappa shape index (κ2) is 5.01. The molecule has 16 heavy (non-hydrogen) atoms. The minimum atomic E-state index is 0.803. The maximum Gasteiger partial charge on any atom is -0.00148 e. The number of benzene rings is 1.